The Bertz CT molecular complexity index is 801. The number of rotatable bonds is 2. The molecule has 0 saturated heterocycles. The van der Waals surface area contributed by atoms with E-state index in [2.05, 4.69) is 9.97 Å². The van der Waals surface area contributed by atoms with E-state index in [4.69, 9.17) is 10.8 Å². The van der Waals surface area contributed by atoms with Crippen LogP contribution in [0.5, 0.6) is 0 Å². The Morgan fingerprint density at radius 1 is 0.850 bits per heavy atom. The molecular formula is C14H9N3O3. The monoisotopic (exact) mass is 267 g/mol. The van der Waals surface area contributed by atoms with Gasteiger partial charge in [-0.2, -0.15) is 0 Å². The molecule has 1 aromatic carbocycles. The number of hydrogen-bond acceptors (Lipinski definition) is 4. The van der Waals surface area contributed by atoms with Crippen molar-refractivity contribution in [3.05, 3.63) is 47.8 Å². The minimum absolute atomic E-state index is 0.0152. The molecule has 0 unspecified atom stereocenters. The number of carbonyl (C=O) groups excluding carboxylic acids is 1. The first kappa shape index (κ1) is 12.0. The Hall–Kier alpha value is -3.02. The van der Waals surface area contributed by atoms with Crippen LogP contribution in [0.2, 0.25) is 0 Å². The van der Waals surface area contributed by atoms with Crippen LogP contribution in [-0.2, 0) is 0 Å². The molecular weight excluding hydrogens is 258 g/mol. The zero-order valence-electron chi connectivity index (χ0n) is 10.2. The predicted octanol–water partition coefficient (Wildman–Crippen LogP) is 1.58. The summed E-state index contributed by atoms with van der Waals surface area (Å²) in [5.74, 6) is -1.67. The number of carboxylic acid groups (broad SMARTS) is 1. The molecule has 0 bridgehead atoms. The second-order valence-corrected chi connectivity index (χ2v) is 4.26. The fourth-order valence-corrected chi connectivity index (χ4v) is 2.07. The van der Waals surface area contributed by atoms with Crippen molar-refractivity contribution in [3.8, 4) is 0 Å². The highest BCUT2D eigenvalue weighted by Crippen LogP contribution is 2.23. The summed E-state index contributed by atoms with van der Waals surface area (Å²) in [5.41, 5.74) is 6.53. The number of hydrogen-bond donors (Lipinski definition) is 2. The van der Waals surface area contributed by atoms with Crippen molar-refractivity contribution in [1.29, 1.82) is 0 Å². The molecule has 6 nitrogen and oxygen atoms in total. The predicted molar refractivity (Wildman–Crippen MR) is 72.5 cm³/mol. The van der Waals surface area contributed by atoms with Gasteiger partial charge < -0.3 is 10.8 Å². The summed E-state index contributed by atoms with van der Waals surface area (Å²) in [6, 6.07) is 9.73. The molecule has 2 heterocycles. The summed E-state index contributed by atoms with van der Waals surface area (Å²) in [5, 5.41) is 10.5. The fraction of sp³-hybridized carbons (Fsp3) is 0. The van der Waals surface area contributed by atoms with Crippen LogP contribution in [-0.4, -0.2) is 27.0 Å². The number of aromatic nitrogens is 2. The van der Waals surface area contributed by atoms with Crippen molar-refractivity contribution in [2.24, 2.45) is 5.73 Å². The van der Waals surface area contributed by atoms with Gasteiger partial charge in [0.05, 0.1) is 11.0 Å². The highest BCUT2D eigenvalue weighted by molar-refractivity contribution is 6.06. The molecule has 0 atom stereocenters. The van der Waals surface area contributed by atoms with Gasteiger partial charge in [-0.05, 0) is 36.4 Å². The highest BCUT2D eigenvalue weighted by Gasteiger charge is 2.09. The molecule has 3 N–H and O–H groups in total. The normalized spacial score (nSPS) is 10.8. The Kier molecular flexibility index (Phi) is 2.57. The van der Waals surface area contributed by atoms with Crippen LogP contribution in [0.25, 0.3) is 21.8 Å². The lowest BCUT2D eigenvalue weighted by Gasteiger charge is -2.04. The molecule has 20 heavy (non-hydrogen) atoms. The number of fused-ring (bicyclic) bond motifs is 3. The third-order valence-corrected chi connectivity index (χ3v) is 3.01. The molecule has 0 aliphatic rings. The van der Waals surface area contributed by atoms with Crippen molar-refractivity contribution in [1.82, 2.24) is 9.97 Å². The molecule has 2 aromatic heterocycles. The third-order valence-electron chi connectivity index (χ3n) is 3.01. The van der Waals surface area contributed by atoms with E-state index in [1.165, 1.54) is 12.1 Å². The molecule has 3 aromatic rings. The van der Waals surface area contributed by atoms with Crippen LogP contribution < -0.4 is 5.73 Å². The summed E-state index contributed by atoms with van der Waals surface area (Å²) in [6.07, 6.45) is 0. The number of nitrogens with two attached hydrogens (primary N) is 1. The zero-order valence-corrected chi connectivity index (χ0v) is 10.2. The van der Waals surface area contributed by atoms with Crippen LogP contribution in [0.15, 0.2) is 36.4 Å². The molecule has 1 amide bonds. The average Bonchev–Trinajstić information content (AvgIpc) is 2.45. The standard InChI is InChI=1S/C14H9N3O3/c15-13(18)11-3-1-7-8-2-4-12(14(19)20)17-10(8)6-5-9(7)16-11/h1-6H,(H2,15,18)(H,19,20). The molecule has 6 heteroatoms. The third kappa shape index (κ3) is 1.83. The second kappa shape index (κ2) is 4.27. The van der Waals surface area contributed by atoms with Crippen molar-refractivity contribution in [2.45, 2.75) is 0 Å². The van der Waals surface area contributed by atoms with Gasteiger partial charge in [0.25, 0.3) is 5.91 Å². The Labute approximate surface area is 112 Å². The number of aromatic carboxylic acids is 1. The molecule has 3 rings (SSSR count). The first-order valence-electron chi connectivity index (χ1n) is 5.80. The van der Waals surface area contributed by atoms with Crippen LogP contribution in [0.3, 0.4) is 0 Å². The molecule has 0 aliphatic carbocycles. The molecule has 0 spiro atoms. The summed E-state index contributed by atoms with van der Waals surface area (Å²) in [7, 11) is 0. The SMILES string of the molecule is NC(=O)c1ccc2c(ccc3nc(C(=O)O)ccc32)n1. The van der Waals surface area contributed by atoms with E-state index < -0.39 is 11.9 Å². The number of carbonyl (C=O) groups is 2. The second-order valence-electron chi connectivity index (χ2n) is 4.26. The van der Waals surface area contributed by atoms with E-state index in [1.54, 1.807) is 24.3 Å². The van der Waals surface area contributed by atoms with Crippen LogP contribution >= 0.6 is 0 Å². The van der Waals surface area contributed by atoms with E-state index in [9.17, 15) is 9.59 Å². The quantitative estimate of drug-likeness (QED) is 0.685. The van der Waals surface area contributed by atoms with Gasteiger partial charge >= 0.3 is 5.97 Å². The van der Waals surface area contributed by atoms with E-state index >= 15 is 0 Å². The highest BCUT2D eigenvalue weighted by atomic mass is 16.4. The van der Waals surface area contributed by atoms with E-state index in [0.29, 0.717) is 11.0 Å². The lowest BCUT2D eigenvalue weighted by molar-refractivity contribution is 0.0690. The smallest absolute Gasteiger partial charge is 0.354 e. The summed E-state index contributed by atoms with van der Waals surface area (Å²) >= 11 is 0. The zero-order chi connectivity index (χ0) is 14.3. The van der Waals surface area contributed by atoms with Crippen molar-refractivity contribution in [2.75, 3.05) is 0 Å². The van der Waals surface area contributed by atoms with E-state index in [1.807, 2.05) is 0 Å². The van der Waals surface area contributed by atoms with Gasteiger partial charge in [0.2, 0.25) is 0 Å². The van der Waals surface area contributed by atoms with Crippen molar-refractivity contribution < 1.29 is 14.7 Å². The van der Waals surface area contributed by atoms with E-state index in [0.717, 1.165) is 10.8 Å². The van der Waals surface area contributed by atoms with E-state index in [-0.39, 0.29) is 11.4 Å². The lowest BCUT2D eigenvalue weighted by Crippen LogP contribution is -2.12. The number of benzene rings is 1. The number of carboxylic acids is 1. The Morgan fingerprint density at radius 3 is 1.85 bits per heavy atom. The molecule has 0 saturated carbocycles. The van der Waals surface area contributed by atoms with Crippen LogP contribution in [0, 0.1) is 0 Å². The Morgan fingerprint density at radius 2 is 1.35 bits per heavy atom. The minimum Gasteiger partial charge on any atom is -0.477 e. The van der Waals surface area contributed by atoms with Gasteiger partial charge in [-0.15, -0.1) is 0 Å². The molecule has 0 fully saturated rings. The largest absolute Gasteiger partial charge is 0.477 e. The van der Waals surface area contributed by atoms with Gasteiger partial charge in [-0.25, -0.2) is 14.8 Å². The number of nitrogens with zero attached hydrogens (tertiary/aromatic N) is 2. The topological polar surface area (TPSA) is 106 Å². The first-order chi connectivity index (χ1) is 9.56. The first-order valence-corrected chi connectivity index (χ1v) is 5.80. The van der Waals surface area contributed by atoms with Gasteiger partial charge in [0.1, 0.15) is 11.4 Å². The summed E-state index contributed by atoms with van der Waals surface area (Å²) in [6.45, 7) is 0. The average molecular weight is 267 g/mol. The Balaban J connectivity index is 2.31. The molecule has 0 radical (unpaired) electrons. The maximum Gasteiger partial charge on any atom is 0.354 e. The lowest BCUT2D eigenvalue weighted by atomic mass is 10.1. The van der Waals surface area contributed by atoms with Crippen LogP contribution in [0.4, 0.5) is 0 Å². The van der Waals surface area contributed by atoms with Crippen LogP contribution in [0.1, 0.15) is 21.0 Å². The van der Waals surface area contributed by atoms with Gasteiger partial charge in [0.15, 0.2) is 0 Å². The minimum atomic E-state index is -1.07. The van der Waals surface area contributed by atoms with Gasteiger partial charge in [-0.3, -0.25) is 4.79 Å². The number of amides is 1. The fourth-order valence-electron chi connectivity index (χ4n) is 2.07. The van der Waals surface area contributed by atoms with Crippen molar-refractivity contribution in [3.63, 3.8) is 0 Å². The van der Waals surface area contributed by atoms with Gasteiger partial charge in [-0.1, -0.05) is 0 Å². The van der Waals surface area contributed by atoms with Gasteiger partial charge in [0, 0.05) is 10.8 Å². The maximum absolute atomic E-state index is 11.1. The summed E-state index contributed by atoms with van der Waals surface area (Å²) < 4.78 is 0. The summed E-state index contributed by atoms with van der Waals surface area (Å²) in [4.78, 5) is 30.2. The molecule has 98 valence electrons. The number of primary amides is 1. The number of pyridine rings is 2. The molecule has 0 aliphatic heterocycles. The van der Waals surface area contributed by atoms with Crippen molar-refractivity contribution >= 4 is 33.7 Å². The maximum atomic E-state index is 11.1.